The fourth-order valence-electron chi connectivity index (χ4n) is 0.854. The first-order valence-corrected chi connectivity index (χ1v) is 4.13. The first-order valence-electron chi connectivity index (χ1n) is 3.75. The second kappa shape index (κ2) is 4.16. The molecule has 0 atom stereocenters. The molecule has 0 radical (unpaired) electrons. The van der Waals surface area contributed by atoms with Crippen LogP contribution >= 0.6 is 11.6 Å². The van der Waals surface area contributed by atoms with Gasteiger partial charge in [0.2, 0.25) is 0 Å². The highest BCUT2D eigenvalue weighted by Gasteiger charge is 2.10. The molecule has 0 aliphatic rings. The van der Waals surface area contributed by atoms with Gasteiger partial charge < -0.3 is 0 Å². The summed E-state index contributed by atoms with van der Waals surface area (Å²) in [6.07, 6.45) is 4.20. The van der Waals surface area contributed by atoms with Crippen molar-refractivity contribution >= 4 is 17.4 Å². The molecule has 0 aromatic carbocycles. The number of Topliss-reactive ketones (excluding diaryl/α,β-unsaturated/α-hetero) is 1. The normalized spacial score (nSPS) is 9.83. The van der Waals surface area contributed by atoms with Gasteiger partial charge in [-0.3, -0.25) is 4.79 Å². The summed E-state index contributed by atoms with van der Waals surface area (Å²) in [7, 11) is 0. The van der Waals surface area contributed by atoms with E-state index in [0.717, 1.165) is 6.42 Å². The molecular formula is C8H9ClN2O. The van der Waals surface area contributed by atoms with E-state index in [4.69, 9.17) is 11.6 Å². The van der Waals surface area contributed by atoms with Crippen molar-refractivity contribution in [1.82, 2.24) is 9.97 Å². The Kier molecular flexibility index (Phi) is 3.17. The molecule has 0 aliphatic heterocycles. The van der Waals surface area contributed by atoms with E-state index in [9.17, 15) is 4.79 Å². The van der Waals surface area contributed by atoms with Crippen molar-refractivity contribution in [2.24, 2.45) is 0 Å². The third kappa shape index (κ3) is 2.01. The number of aromatic nitrogens is 2. The van der Waals surface area contributed by atoms with E-state index in [1.807, 2.05) is 6.92 Å². The third-order valence-electron chi connectivity index (χ3n) is 1.39. The van der Waals surface area contributed by atoms with E-state index in [1.54, 1.807) is 0 Å². The molecule has 64 valence electrons. The number of carbonyl (C=O) groups is 1. The lowest BCUT2D eigenvalue weighted by atomic mass is 10.2. The molecule has 1 aromatic heterocycles. The summed E-state index contributed by atoms with van der Waals surface area (Å²) < 4.78 is 0. The van der Waals surface area contributed by atoms with Gasteiger partial charge in [0.1, 0.15) is 5.69 Å². The standard InChI is InChI=1S/C8H9ClN2O/c1-2-3-6(12)7-8(9)11-5-4-10-7/h4-5H,2-3H2,1H3. The Morgan fingerprint density at radius 3 is 2.75 bits per heavy atom. The van der Waals surface area contributed by atoms with Gasteiger partial charge in [-0.1, -0.05) is 18.5 Å². The van der Waals surface area contributed by atoms with Gasteiger partial charge in [0.25, 0.3) is 0 Å². The minimum atomic E-state index is -0.0457. The molecule has 0 unspecified atom stereocenters. The maximum atomic E-state index is 11.3. The predicted molar refractivity (Wildman–Crippen MR) is 46.3 cm³/mol. The van der Waals surface area contributed by atoms with Crippen LogP contribution in [0.4, 0.5) is 0 Å². The number of hydrogen-bond acceptors (Lipinski definition) is 3. The van der Waals surface area contributed by atoms with Gasteiger partial charge in [0.15, 0.2) is 10.9 Å². The first-order chi connectivity index (χ1) is 5.75. The first kappa shape index (κ1) is 9.13. The monoisotopic (exact) mass is 184 g/mol. The molecule has 1 aromatic rings. The second-order valence-electron chi connectivity index (χ2n) is 2.37. The minimum absolute atomic E-state index is 0.0457. The Hall–Kier alpha value is -0.960. The molecule has 0 saturated heterocycles. The molecule has 0 N–H and O–H groups in total. The van der Waals surface area contributed by atoms with E-state index in [1.165, 1.54) is 12.4 Å². The van der Waals surface area contributed by atoms with Gasteiger partial charge in [0.05, 0.1) is 0 Å². The molecule has 1 heterocycles. The van der Waals surface area contributed by atoms with Gasteiger partial charge in [-0.15, -0.1) is 0 Å². The number of halogens is 1. The molecule has 0 aliphatic carbocycles. The van der Waals surface area contributed by atoms with Crippen molar-refractivity contribution in [2.45, 2.75) is 19.8 Å². The smallest absolute Gasteiger partial charge is 0.184 e. The van der Waals surface area contributed by atoms with Gasteiger partial charge in [-0.25, -0.2) is 9.97 Å². The van der Waals surface area contributed by atoms with Crippen molar-refractivity contribution < 1.29 is 4.79 Å². The quantitative estimate of drug-likeness (QED) is 0.676. The highest BCUT2D eigenvalue weighted by atomic mass is 35.5. The number of nitrogens with zero attached hydrogens (tertiary/aromatic N) is 2. The lowest BCUT2D eigenvalue weighted by molar-refractivity contribution is 0.0976. The van der Waals surface area contributed by atoms with Crippen LogP contribution in [0, 0.1) is 0 Å². The summed E-state index contributed by atoms with van der Waals surface area (Å²) in [6.45, 7) is 1.93. The van der Waals surface area contributed by atoms with Crippen LogP contribution in [0.3, 0.4) is 0 Å². The summed E-state index contributed by atoms with van der Waals surface area (Å²) in [5, 5.41) is 0.191. The Morgan fingerprint density at radius 1 is 1.50 bits per heavy atom. The van der Waals surface area contributed by atoms with Gasteiger partial charge >= 0.3 is 0 Å². The van der Waals surface area contributed by atoms with Crippen LogP contribution in [0.2, 0.25) is 5.15 Å². The Bertz CT molecular complexity index is 288. The predicted octanol–water partition coefficient (Wildman–Crippen LogP) is 2.11. The summed E-state index contributed by atoms with van der Waals surface area (Å²) in [5.74, 6) is -0.0457. The molecular weight excluding hydrogens is 176 g/mol. The lowest BCUT2D eigenvalue weighted by Gasteiger charge is -1.98. The zero-order chi connectivity index (χ0) is 8.97. The summed E-state index contributed by atoms with van der Waals surface area (Å²) in [5.41, 5.74) is 0.279. The molecule has 0 bridgehead atoms. The molecule has 0 saturated carbocycles. The summed E-state index contributed by atoms with van der Waals surface area (Å²) in [6, 6.07) is 0. The average molecular weight is 185 g/mol. The molecule has 0 amide bonds. The SMILES string of the molecule is CCCC(=O)c1nccnc1Cl. The Labute approximate surface area is 75.8 Å². The van der Waals surface area contributed by atoms with Gasteiger partial charge in [-0.2, -0.15) is 0 Å². The zero-order valence-corrected chi connectivity index (χ0v) is 7.51. The van der Waals surface area contributed by atoms with Crippen molar-refractivity contribution in [3.8, 4) is 0 Å². The number of rotatable bonds is 3. The van der Waals surface area contributed by atoms with Crippen molar-refractivity contribution in [3.63, 3.8) is 0 Å². The fourth-order valence-corrected chi connectivity index (χ4v) is 1.06. The van der Waals surface area contributed by atoms with Crippen LogP contribution in [-0.2, 0) is 0 Å². The molecule has 0 fully saturated rings. The fraction of sp³-hybridized carbons (Fsp3) is 0.375. The van der Waals surface area contributed by atoms with Crippen molar-refractivity contribution in [2.75, 3.05) is 0 Å². The Balaban J connectivity index is 2.87. The van der Waals surface area contributed by atoms with E-state index < -0.39 is 0 Å². The number of hydrogen-bond donors (Lipinski definition) is 0. The average Bonchev–Trinajstić information content (AvgIpc) is 2.05. The van der Waals surface area contributed by atoms with Crippen LogP contribution in [-0.4, -0.2) is 15.8 Å². The van der Waals surface area contributed by atoms with Crippen LogP contribution < -0.4 is 0 Å². The van der Waals surface area contributed by atoms with E-state index in [0.29, 0.717) is 6.42 Å². The molecule has 1 rings (SSSR count). The van der Waals surface area contributed by atoms with E-state index in [2.05, 4.69) is 9.97 Å². The topological polar surface area (TPSA) is 42.9 Å². The Morgan fingerprint density at radius 2 is 2.17 bits per heavy atom. The largest absolute Gasteiger partial charge is 0.292 e. The molecule has 0 spiro atoms. The summed E-state index contributed by atoms with van der Waals surface area (Å²) in [4.78, 5) is 18.9. The van der Waals surface area contributed by atoms with Crippen LogP contribution in [0.5, 0.6) is 0 Å². The summed E-state index contributed by atoms with van der Waals surface area (Å²) >= 11 is 5.66. The highest BCUT2D eigenvalue weighted by molar-refractivity contribution is 6.32. The van der Waals surface area contributed by atoms with Gasteiger partial charge in [0, 0.05) is 18.8 Å². The van der Waals surface area contributed by atoms with Crippen LogP contribution in [0.1, 0.15) is 30.3 Å². The van der Waals surface area contributed by atoms with Crippen molar-refractivity contribution in [3.05, 3.63) is 23.2 Å². The van der Waals surface area contributed by atoms with Crippen LogP contribution in [0.25, 0.3) is 0 Å². The molecule has 3 nitrogen and oxygen atoms in total. The molecule has 12 heavy (non-hydrogen) atoms. The zero-order valence-electron chi connectivity index (χ0n) is 6.75. The maximum absolute atomic E-state index is 11.3. The minimum Gasteiger partial charge on any atom is -0.292 e. The van der Waals surface area contributed by atoms with E-state index in [-0.39, 0.29) is 16.6 Å². The van der Waals surface area contributed by atoms with Crippen molar-refractivity contribution in [1.29, 1.82) is 0 Å². The number of carbonyl (C=O) groups excluding carboxylic acids is 1. The third-order valence-corrected chi connectivity index (χ3v) is 1.67. The lowest BCUT2D eigenvalue weighted by Crippen LogP contribution is -2.03. The maximum Gasteiger partial charge on any atom is 0.184 e. The van der Waals surface area contributed by atoms with E-state index >= 15 is 0 Å². The van der Waals surface area contributed by atoms with Gasteiger partial charge in [-0.05, 0) is 6.42 Å². The molecule has 4 heteroatoms. The second-order valence-corrected chi connectivity index (χ2v) is 2.73. The highest BCUT2D eigenvalue weighted by Crippen LogP contribution is 2.11. The number of ketones is 1. The van der Waals surface area contributed by atoms with Crippen LogP contribution in [0.15, 0.2) is 12.4 Å².